The minimum atomic E-state index is -0.916. The summed E-state index contributed by atoms with van der Waals surface area (Å²) in [7, 11) is 1.42. The monoisotopic (exact) mass is 330 g/mol. The van der Waals surface area contributed by atoms with Crippen LogP contribution in [0.5, 0.6) is 0 Å². The van der Waals surface area contributed by atoms with E-state index in [0.717, 1.165) is 18.6 Å². The molecule has 3 N–H and O–H groups in total. The molecule has 0 bridgehead atoms. The fraction of sp³-hybridized carbons (Fsp3) is 0.812. The van der Waals surface area contributed by atoms with E-state index in [1.54, 1.807) is 6.26 Å². The fourth-order valence-corrected chi connectivity index (χ4v) is 3.40. The van der Waals surface area contributed by atoms with Gasteiger partial charge in [-0.25, -0.2) is 4.79 Å². The summed E-state index contributed by atoms with van der Waals surface area (Å²) in [6.45, 7) is 0.624. The van der Waals surface area contributed by atoms with Crippen molar-refractivity contribution in [2.45, 2.75) is 50.6 Å². The van der Waals surface area contributed by atoms with Crippen LogP contribution in [0.15, 0.2) is 11.8 Å². The van der Waals surface area contributed by atoms with Crippen molar-refractivity contribution < 1.29 is 34.3 Å². The van der Waals surface area contributed by atoms with Crippen molar-refractivity contribution in [1.82, 2.24) is 0 Å². The first-order valence-electron chi connectivity index (χ1n) is 8.07. The molecular formula is C16H26O7. The number of methoxy groups -OCH3 is 1. The predicted molar refractivity (Wildman–Crippen MR) is 80.1 cm³/mol. The second-order valence-electron chi connectivity index (χ2n) is 6.22. The molecule has 2 heterocycles. The van der Waals surface area contributed by atoms with Gasteiger partial charge in [-0.05, 0) is 12.8 Å². The Labute approximate surface area is 135 Å². The van der Waals surface area contributed by atoms with Gasteiger partial charge in [0, 0.05) is 24.7 Å². The van der Waals surface area contributed by atoms with Crippen molar-refractivity contribution >= 4 is 5.97 Å². The summed E-state index contributed by atoms with van der Waals surface area (Å²) in [5.74, 6) is 0.705. The van der Waals surface area contributed by atoms with Crippen LogP contribution in [0.3, 0.4) is 0 Å². The molecule has 7 heteroatoms. The zero-order chi connectivity index (χ0) is 16.8. The number of rotatable bonds is 2. The number of esters is 1. The minimum absolute atomic E-state index is 0.145. The second-order valence-corrected chi connectivity index (χ2v) is 6.22. The van der Waals surface area contributed by atoms with E-state index < -0.39 is 18.5 Å². The Morgan fingerprint density at radius 1 is 1.35 bits per heavy atom. The predicted octanol–water partition coefficient (Wildman–Crippen LogP) is 0.327. The third-order valence-electron chi connectivity index (χ3n) is 4.56. The van der Waals surface area contributed by atoms with Gasteiger partial charge < -0.3 is 29.5 Å². The molecule has 0 spiro atoms. The Morgan fingerprint density at radius 2 is 2.13 bits per heavy atom. The van der Waals surface area contributed by atoms with Crippen LogP contribution in [-0.4, -0.2) is 60.1 Å². The van der Waals surface area contributed by atoms with Crippen molar-refractivity contribution in [3.8, 4) is 0 Å². The first-order chi connectivity index (χ1) is 11.0. The van der Waals surface area contributed by atoms with Gasteiger partial charge in [0.2, 0.25) is 0 Å². The lowest BCUT2D eigenvalue weighted by atomic mass is 9.88. The zero-order valence-electron chi connectivity index (χ0n) is 13.4. The highest BCUT2D eigenvalue weighted by molar-refractivity contribution is 5.88. The number of hydrogen-bond acceptors (Lipinski definition) is 7. The first kappa shape index (κ1) is 18.2. The molecule has 5 atom stereocenters. The molecule has 1 saturated heterocycles. The average molecular weight is 330 g/mol. The molecule has 2 fully saturated rings. The second kappa shape index (κ2) is 8.63. The van der Waals surface area contributed by atoms with Gasteiger partial charge >= 0.3 is 5.97 Å². The molecule has 7 nitrogen and oxygen atoms in total. The number of carbonyl (C=O) groups excluding carboxylic acids is 1. The standard InChI is InChI=1S/C10H14O3.C6H12O4/c1-12-10(11)9-6-13-5-7-3-2-4-8(7)9;7-3-5-1-4(8)2-6(9)10-5/h6-8H,2-5H2,1H3;4-9H,1-3H2. The van der Waals surface area contributed by atoms with E-state index in [9.17, 15) is 4.79 Å². The van der Waals surface area contributed by atoms with Crippen molar-refractivity contribution in [1.29, 1.82) is 0 Å². The summed E-state index contributed by atoms with van der Waals surface area (Å²) in [5, 5.41) is 26.5. The van der Waals surface area contributed by atoms with E-state index in [-0.39, 0.29) is 19.0 Å². The molecular weight excluding hydrogens is 304 g/mol. The summed E-state index contributed by atoms with van der Waals surface area (Å²) >= 11 is 0. The number of fused-ring (bicyclic) bond motifs is 1. The summed E-state index contributed by atoms with van der Waals surface area (Å²) in [5.41, 5.74) is 0.733. The third kappa shape index (κ3) is 4.91. The lowest BCUT2D eigenvalue weighted by molar-refractivity contribution is -0.197. The van der Waals surface area contributed by atoms with Crippen LogP contribution < -0.4 is 0 Å². The van der Waals surface area contributed by atoms with Crippen molar-refractivity contribution in [3.63, 3.8) is 0 Å². The largest absolute Gasteiger partial charge is 0.500 e. The van der Waals surface area contributed by atoms with Gasteiger partial charge in [0.05, 0.1) is 44.4 Å². The highest BCUT2D eigenvalue weighted by atomic mass is 16.6. The fourth-order valence-electron chi connectivity index (χ4n) is 3.40. The Hall–Kier alpha value is -1.15. The highest BCUT2D eigenvalue weighted by Gasteiger charge is 2.36. The maximum atomic E-state index is 11.3. The van der Waals surface area contributed by atoms with Crippen molar-refractivity contribution in [2.24, 2.45) is 11.8 Å². The Bertz CT molecular complexity index is 413. The van der Waals surface area contributed by atoms with Gasteiger partial charge in [0.1, 0.15) is 0 Å². The Morgan fingerprint density at radius 3 is 2.78 bits per heavy atom. The topological polar surface area (TPSA) is 105 Å². The van der Waals surface area contributed by atoms with E-state index in [2.05, 4.69) is 0 Å². The van der Waals surface area contributed by atoms with E-state index in [4.69, 9.17) is 29.5 Å². The quantitative estimate of drug-likeness (QED) is 0.626. The molecule has 0 amide bonds. The van der Waals surface area contributed by atoms with Gasteiger partial charge in [-0.15, -0.1) is 0 Å². The lowest BCUT2D eigenvalue weighted by Gasteiger charge is -2.28. The normalized spacial score (nSPS) is 36.0. The van der Waals surface area contributed by atoms with Crippen molar-refractivity contribution in [2.75, 3.05) is 20.3 Å². The summed E-state index contributed by atoms with van der Waals surface area (Å²) in [6, 6.07) is 0. The summed E-state index contributed by atoms with van der Waals surface area (Å²) in [4.78, 5) is 11.3. The smallest absolute Gasteiger partial charge is 0.337 e. The highest BCUT2D eigenvalue weighted by Crippen LogP contribution is 2.39. The van der Waals surface area contributed by atoms with E-state index in [1.807, 2.05) is 0 Å². The van der Waals surface area contributed by atoms with Crippen LogP contribution >= 0.6 is 0 Å². The van der Waals surface area contributed by atoms with Crippen LogP contribution in [-0.2, 0) is 19.0 Å². The van der Waals surface area contributed by atoms with Gasteiger partial charge in [0.25, 0.3) is 0 Å². The third-order valence-corrected chi connectivity index (χ3v) is 4.56. The summed E-state index contributed by atoms with van der Waals surface area (Å²) in [6.07, 6.45) is 3.86. The molecule has 3 aliphatic rings. The molecule has 0 aromatic heterocycles. The van der Waals surface area contributed by atoms with E-state index >= 15 is 0 Å². The molecule has 5 unspecified atom stereocenters. The van der Waals surface area contributed by atoms with Crippen LogP contribution in [0.4, 0.5) is 0 Å². The molecule has 132 valence electrons. The molecule has 23 heavy (non-hydrogen) atoms. The van der Waals surface area contributed by atoms with Gasteiger partial charge in [-0.2, -0.15) is 0 Å². The van der Waals surface area contributed by atoms with Crippen LogP contribution in [0.25, 0.3) is 0 Å². The summed E-state index contributed by atoms with van der Waals surface area (Å²) < 4.78 is 14.8. The van der Waals surface area contributed by atoms with Gasteiger partial charge in [-0.3, -0.25) is 0 Å². The Balaban J connectivity index is 0.000000174. The van der Waals surface area contributed by atoms with E-state index in [1.165, 1.54) is 20.0 Å². The number of ether oxygens (including phenoxy) is 3. The van der Waals surface area contributed by atoms with Crippen LogP contribution in [0.1, 0.15) is 32.1 Å². The maximum absolute atomic E-state index is 11.3. The SMILES string of the molecule is COC(=O)C1=COCC2CCCC12.OCC1CC(O)CC(O)O1. The van der Waals surface area contributed by atoms with Gasteiger partial charge in [0.15, 0.2) is 6.29 Å². The van der Waals surface area contributed by atoms with Gasteiger partial charge in [-0.1, -0.05) is 6.42 Å². The van der Waals surface area contributed by atoms with Crippen molar-refractivity contribution in [3.05, 3.63) is 11.8 Å². The van der Waals surface area contributed by atoms with E-state index in [0.29, 0.717) is 18.3 Å². The van der Waals surface area contributed by atoms with Crippen LogP contribution in [0.2, 0.25) is 0 Å². The molecule has 0 aromatic rings. The first-order valence-corrected chi connectivity index (χ1v) is 8.07. The number of hydrogen-bond donors (Lipinski definition) is 3. The number of aliphatic hydroxyl groups excluding tert-OH is 3. The lowest BCUT2D eigenvalue weighted by Crippen LogP contribution is -2.37. The number of carbonyl (C=O) groups is 1. The maximum Gasteiger partial charge on any atom is 0.337 e. The molecule has 3 rings (SSSR count). The molecule has 2 aliphatic heterocycles. The molecule has 0 radical (unpaired) electrons. The van der Waals surface area contributed by atoms with Crippen LogP contribution in [0, 0.1) is 11.8 Å². The molecule has 1 saturated carbocycles. The number of aliphatic hydroxyl groups is 3. The zero-order valence-corrected chi connectivity index (χ0v) is 13.4. The molecule has 0 aromatic carbocycles. The molecule has 1 aliphatic carbocycles. The average Bonchev–Trinajstić information content (AvgIpc) is 3.02. The Kier molecular flexibility index (Phi) is 6.83. The minimum Gasteiger partial charge on any atom is -0.500 e.